The number of carboxylic acid groups (broad SMARTS) is 2. The molecule has 0 aromatic heterocycles. The molecule has 0 unspecified atom stereocenters. The molecule has 0 aliphatic carbocycles. The van der Waals surface area contributed by atoms with Crippen molar-refractivity contribution in [1.82, 2.24) is 0 Å². The molecule has 0 radical (unpaired) electrons. The van der Waals surface area contributed by atoms with Gasteiger partial charge in [0, 0.05) is 5.39 Å². The lowest BCUT2D eigenvalue weighted by Gasteiger charge is -2.10. The maximum absolute atomic E-state index is 11.3. The van der Waals surface area contributed by atoms with Crippen LogP contribution >= 0.6 is 0 Å². The molecule has 0 aliphatic rings. The fourth-order valence-electron chi connectivity index (χ4n) is 2.16. The van der Waals surface area contributed by atoms with Gasteiger partial charge < -0.3 is 10.2 Å². The van der Waals surface area contributed by atoms with Gasteiger partial charge in [0.2, 0.25) is 0 Å². The van der Waals surface area contributed by atoms with Crippen LogP contribution in [0.25, 0.3) is 10.8 Å². The number of aromatic carboxylic acids is 2. The molecule has 4 nitrogen and oxygen atoms in total. The van der Waals surface area contributed by atoms with Crippen molar-refractivity contribution >= 4 is 22.7 Å². The lowest BCUT2D eigenvalue weighted by Crippen LogP contribution is -2.06. The van der Waals surface area contributed by atoms with E-state index in [1.165, 1.54) is 6.07 Å². The van der Waals surface area contributed by atoms with E-state index in [1.54, 1.807) is 32.0 Å². The lowest BCUT2D eigenvalue weighted by atomic mass is 9.94. The molecular formula is C14H12O4. The molecule has 92 valence electrons. The molecule has 2 aromatic carbocycles. The summed E-state index contributed by atoms with van der Waals surface area (Å²) in [4.78, 5) is 22.6. The number of hydrogen-bond acceptors (Lipinski definition) is 2. The summed E-state index contributed by atoms with van der Waals surface area (Å²) in [5, 5.41) is 19.4. The van der Waals surface area contributed by atoms with Gasteiger partial charge in [-0.3, -0.25) is 0 Å². The first-order valence-corrected chi connectivity index (χ1v) is 5.42. The standard InChI is InChI=1S/C14H12O4/c1-7-5-9-4-3-8(2)11(14(17)18)12(9)10(6-7)13(15)16/h3-6H,1-2H3,(H,15,16)(H,17,18). The summed E-state index contributed by atoms with van der Waals surface area (Å²) >= 11 is 0. The Morgan fingerprint density at radius 3 is 2.22 bits per heavy atom. The summed E-state index contributed by atoms with van der Waals surface area (Å²) in [6.07, 6.45) is 0. The second kappa shape index (κ2) is 4.14. The van der Waals surface area contributed by atoms with Crippen LogP contribution in [0, 0.1) is 13.8 Å². The normalized spacial score (nSPS) is 10.6. The van der Waals surface area contributed by atoms with Crippen molar-refractivity contribution < 1.29 is 19.8 Å². The van der Waals surface area contributed by atoms with E-state index in [9.17, 15) is 19.8 Å². The first-order valence-electron chi connectivity index (χ1n) is 5.42. The van der Waals surface area contributed by atoms with Gasteiger partial charge in [0.25, 0.3) is 0 Å². The van der Waals surface area contributed by atoms with E-state index in [-0.39, 0.29) is 11.1 Å². The molecule has 4 heteroatoms. The smallest absolute Gasteiger partial charge is 0.336 e. The van der Waals surface area contributed by atoms with E-state index in [0.29, 0.717) is 16.3 Å². The van der Waals surface area contributed by atoms with E-state index < -0.39 is 11.9 Å². The zero-order chi connectivity index (χ0) is 13.4. The van der Waals surface area contributed by atoms with Crippen LogP contribution in [0.2, 0.25) is 0 Å². The number of carbonyl (C=O) groups is 2. The van der Waals surface area contributed by atoms with Gasteiger partial charge in [0.1, 0.15) is 0 Å². The summed E-state index contributed by atoms with van der Waals surface area (Å²) in [5.74, 6) is -2.22. The highest BCUT2D eigenvalue weighted by atomic mass is 16.4. The Balaban J connectivity index is 3.03. The Labute approximate surface area is 103 Å². The Morgan fingerprint density at radius 1 is 1.00 bits per heavy atom. The largest absolute Gasteiger partial charge is 0.478 e. The van der Waals surface area contributed by atoms with Crippen molar-refractivity contribution in [3.05, 3.63) is 46.5 Å². The van der Waals surface area contributed by atoms with E-state index in [4.69, 9.17) is 0 Å². The van der Waals surface area contributed by atoms with E-state index >= 15 is 0 Å². The molecule has 0 heterocycles. The van der Waals surface area contributed by atoms with Crippen LogP contribution in [0.1, 0.15) is 31.8 Å². The van der Waals surface area contributed by atoms with E-state index in [1.807, 2.05) is 0 Å². The average Bonchev–Trinajstić information content (AvgIpc) is 2.27. The van der Waals surface area contributed by atoms with Crippen molar-refractivity contribution in [2.45, 2.75) is 13.8 Å². The van der Waals surface area contributed by atoms with Gasteiger partial charge in [-0.05, 0) is 36.4 Å². The summed E-state index contributed by atoms with van der Waals surface area (Å²) in [7, 11) is 0. The maximum Gasteiger partial charge on any atom is 0.336 e. The van der Waals surface area contributed by atoms with Gasteiger partial charge in [0.15, 0.2) is 0 Å². The number of aryl methyl sites for hydroxylation is 2. The van der Waals surface area contributed by atoms with Crippen LogP contribution in [0.5, 0.6) is 0 Å². The van der Waals surface area contributed by atoms with Crippen LogP contribution in [-0.2, 0) is 0 Å². The highest BCUT2D eigenvalue weighted by molar-refractivity contribution is 6.13. The Kier molecular flexibility index (Phi) is 2.79. The van der Waals surface area contributed by atoms with E-state index in [2.05, 4.69) is 0 Å². The molecule has 0 bridgehead atoms. The number of carboxylic acids is 2. The molecule has 2 rings (SSSR count). The van der Waals surface area contributed by atoms with Gasteiger partial charge in [-0.15, -0.1) is 0 Å². The SMILES string of the molecule is Cc1cc(C(=O)O)c2c(C(=O)O)c(C)ccc2c1. The van der Waals surface area contributed by atoms with Gasteiger partial charge >= 0.3 is 11.9 Å². The fourth-order valence-corrected chi connectivity index (χ4v) is 2.16. The van der Waals surface area contributed by atoms with Crippen molar-refractivity contribution in [3.63, 3.8) is 0 Å². The third-order valence-electron chi connectivity index (χ3n) is 2.91. The first-order chi connectivity index (χ1) is 8.41. The predicted octanol–water partition coefficient (Wildman–Crippen LogP) is 2.85. The summed E-state index contributed by atoms with van der Waals surface area (Å²) in [6.45, 7) is 3.44. The molecule has 0 aliphatic heterocycles. The molecule has 0 saturated carbocycles. The van der Waals surface area contributed by atoms with Crippen LogP contribution in [0.4, 0.5) is 0 Å². The minimum Gasteiger partial charge on any atom is -0.478 e. The Bertz CT molecular complexity index is 671. The number of fused-ring (bicyclic) bond motifs is 1. The quantitative estimate of drug-likeness (QED) is 0.851. The monoisotopic (exact) mass is 244 g/mol. The summed E-state index contributed by atoms with van der Waals surface area (Å²) < 4.78 is 0. The molecule has 2 N–H and O–H groups in total. The van der Waals surface area contributed by atoms with Crippen LogP contribution in [-0.4, -0.2) is 22.2 Å². The minimum atomic E-state index is -1.11. The van der Waals surface area contributed by atoms with Gasteiger partial charge in [-0.1, -0.05) is 18.2 Å². The maximum atomic E-state index is 11.3. The fraction of sp³-hybridized carbons (Fsp3) is 0.143. The van der Waals surface area contributed by atoms with Gasteiger partial charge in [-0.2, -0.15) is 0 Å². The number of benzene rings is 2. The molecule has 18 heavy (non-hydrogen) atoms. The van der Waals surface area contributed by atoms with Gasteiger partial charge in [0.05, 0.1) is 11.1 Å². The summed E-state index contributed by atoms with van der Waals surface area (Å²) in [5.41, 5.74) is 1.44. The second-order valence-electron chi connectivity index (χ2n) is 4.28. The molecule has 0 fully saturated rings. The van der Waals surface area contributed by atoms with Gasteiger partial charge in [-0.25, -0.2) is 9.59 Å². The Morgan fingerprint density at radius 2 is 1.67 bits per heavy atom. The highest BCUT2D eigenvalue weighted by Crippen LogP contribution is 2.27. The minimum absolute atomic E-state index is 0.0334. The molecule has 0 saturated heterocycles. The molecule has 0 atom stereocenters. The van der Waals surface area contributed by atoms with Crippen molar-refractivity contribution in [1.29, 1.82) is 0 Å². The number of hydrogen-bond donors (Lipinski definition) is 2. The Hall–Kier alpha value is -2.36. The molecule has 2 aromatic rings. The van der Waals surface area contributed by atoms with E-state index in [0.717, 1.165) is 5.56 Å². The summed E-state index contributed by atoms with van der Waals surface area (Å²) in [6, 6.07) is 6.72. The molecule has 0 amide bonds. The van der Waals surface area contributed by atoms with Crippen molar-refractivity contribution in [2.75, 3.05) is 0 Å². The predicted molar refractivity (Wildman–Crippen MR) is 67.3 cm³/mol. The van der Waals surface area contributed by atoms with Crippen molar-refractivity contribution in [2.24, 2.45) is 0 Å². The number of rotatable bonds is 2. The van der Waals surface area contributed by atoms with Crippen LogP contribution in [0.3, 0.4) is 0 Å². The zero-order valence-corrected chi connectivity index (χ0v) is 10.0. The van der Waals surface area contributed by atoms with Crippen LogP contribution < -0.4 is 0 Å². The third-order valence-corrected chi connectivity index (χ3v) is 2.91. The third kappa shape index (κ3) is 1.82. The second-order valence-corrected chi connectivity index (χ2v) is 4.28. The van der Waals surface area contributed by atoms with Crippen LogP contribution in [0.15, 0.2) is 24.3 Å². The lowest BCUT2D eigenvalue weighted by molar-refractivity contribution is 0.0695. The molecular weight excluding hydrogens is 232 g/mol. The first kappa shape index (κ1) is 12.1. The van der Waals surface area contributed by atoms with Crippen molar-refractivity contribution in [3.8, 4) is 0 Å². The zero-order valence-electron chi connectivity index (χ0n) is 10.0. The average molecular weight is 244 g/mol. The topological polar surface area (TPSA) is 74.6 Å². The molecule has 0 spiro atoms. The highest BCUT2D eigenvalue weighted by Gasteiger charge is 2.18.